The molecule has 104 valence electrons. The van der Waals surface area contributed by atoms with E-state index in [9.17, 15) is 4.79 Å². The van der Waals surface area contributed by atoms with E-state index in [1.54, 1.807) is 0 Å². The molecule has 2 aromatic rings. The number of hydrogen-bond acceptors (Lipinski definition) is 1. The van der Waals surface area contributed by atoms with Gasteiger partial charge < -0.3 is 5.32 Å². The van der Waals surface area contributed by atoms with Crippen LogP contribution in [0.2, 0.25) is 0 Å². The van der Waals surface area contributed by atoms with E-state index >= 15 is 0 Å². The standard InChI is InChI=1S/C18H21NO/c1-13-5-8-16(9-6-13)10-11-18(20)19-17-12-14(2)4-7-15(17)3/h4-9,12H,10-11H2,1-3H3,(H,19,20). The van der Waals surface area contributed by atoms with Gasteiger partial charge in [-0.2, -0.15) is 0 Å². The number of aryl methyl sites for hydroxylation is 4. The summed E-state index contributed by atoms with van der Waals surface area (Å²) in [5.41, 5.74) is 5.61. The van der Waals surface area contributed by atoms with E-state index < -0.39 is 0 Å². The van der Waals surface area contributed by atoms with Gasteiger partial charge in [0.15, 0.2) is 0 Å². The summed E-state index contributed by atoms with van der Waals surface area (Å²) in [7, 11) is 0. The van der Waals surface area contributed by atoms with Crippen LogP contribution in [0.5, 0.6) is 0 Å². The van der Waals surface area contributed by atoms with Crippen LogP contribution in [0, 0.1) is 20.8 Å². The van der Waals surface area contributed by atoms with Gasteiger partial charge in [0.1, 0.15) is 0 Å². The van der Waals surface area contributed by atoms with Crippen LogP contribution in [0.15, 0.2) is 42.5 Å². The van der Waals surface area contributed by atoms with E-state index in [4.69, 9.17) is 0 Å². The molecule has 0 saturated carbocycles. The molecule has 0 unspecified atom stereocenters. The first-order valence-corrected chi connectivity index (χ1v) is 6.97. The number of nitrogens with one attached hydrogen (secondary N) is 1. The van der Waals surface area contributed by atoms with Crippen molar-refractivity contribution in [3.8, 4) is 0 Å². The molecule has 0 bridgehead atoms. The van der Waals surface area contributed by atoms with E-state index in [-0.39, 0.29) is 5.91 Å². The summed E-state index contributed by atoms with van der Waals surface area (Å²) in [5, 5.41) is 2.99. The molecule has 1 N–H and O–H groups in total. The van der Waals surface area contributed by atoms with Gasteiger partial charge in [-0.15, -0.1) is 0 Å². The molecule has 0 aliphatic heterocycles. The molecule has 0 radical (unpaired) electrons. The molecule has 2 aromatic carbocycles. The van der Waals surface area contributed by atoms with Crippen LogP contribution in [0.1, 0.15) is 28.7 Å². The minimum atomic E-state index is 0.0688. The third-order valence-corrected chi connectivity index (χ3v) is 3.43. The molecule has 0 fully saturated rings. The molecule has 0 heterocycles. The van der Waals surface area contributed by atoms with Crippen LogP contribution in [0.4, 0.5) is 5.69 Å². The third kappa shape index (κ3) is 3.95. The van der Waals surface area contributed by atoms with Gasteiger partial charge in [0.25, 0.3) is 0 Å². The van der Waals surface area contributed by atoms with Crippen molar-refractivity contribution in [3.63, 3.8) is 0 Å². The van der Waals surface area contributed by atoms with Crippen LogP contribution < -0.4 is 5.32 Å². The van der Waals surface area contributed by atoms with Crippen molar-refractivity contribution in [2.24, 2.45) is 0 Å². The van der Waals surface area contributed by atoms with Crippen LogP contribution >= 0.6 is 0 Å². The zero-order valence-electron chi connectivity index (χ0n) is 12.4. The lowest BCUT2D eigenvalue weighted by molar-refractivity contribution is -0.116. The SMILES string of the molecule is Cc1ccc(CCC(=O)Nc2cc(C)ccc2C)cc1. The van der Waals surface area contributed by atoms with E-state index in [2.05, 4.69) is 42.6 Å². The van der Waals surface area contributed by atoms with Crippen molar-refractivity contribution in [1.29, 1.82) is 0 Å². The summed E-state index contributed by atoms with van der Waals surface area (Å²) >= 11 is 0. The number of anilines is 1. The summed E-state index contributed by atoms with van der Waals surface area (Å²) < 4.78 is 0. The number of carbonyl (C=O) groups excluding carboxylic acids is 1. The highest BCUT2D eigenvalue weighted by Gasteiger charge is 2.05. The summed E-state index contributed by atoms with van der Waals surface area (Å²) in [6.45, 7) is 6.10. The molecule has 0 aromatic heterocycles. The van der Waals surface area contributed by atoms with Crippen LogP contribution in [0.25, 0.3) is 0 Å². The Labute approximate surface area is 120 Å². The second-order valence-electron chi connectivity index (χ2n) is 5.35. The number of benzene rings is 2. The summed E-state index contributed by atoms with van der Waals surface area (Å²) in [6, 6.07) is 14.4. The molecule has 0 spiro atoms. The predicted octanol–water partition coefficient (Wildman–Crippen LogP) is 4.18. The van der Waals surface area contributed by atoms with E-state index in [0.717, 1.165) is 23.2 Å². The van der Waals surface area contributed by atoms with Gasteiger partial charge in [-0.3, -0.25) is 4.79 Å². The second-order valence-corrected chi connectivity index (χ2v) is 5.35. The molecule has 2 nitrogen and oxygen atoms in total. The molecule has 0 atom stereocenters. The Balaban J connectivity index is 1.92. The van der Waals surface area contributed by atoms with Crippen LogP contribution in [-0.4, -0.2) is 5.91 Å². The zero-order valence-corrected chi connectivity index (χ0v) is 12.4. The third-order valence-electron chi connectivity index (χ3n) is 3.43. The van der Waals surface area contributed by atoms with Gasteiger partial charge in [-0.05, 0) is 49.9 Å². The van der Waals surface area contributed by atoms with Crippen molar-refractivity contribution in [2.75, 3.05) is 5.32 Å². The average Bonchev–Trinajstić information content (AvgIpc) is 2.42. The van der Waals surface area contributed by atoms with E-state index in [0.29, 0.717) is 6.42 Å². The lowest BCUT2D eigenvalue weighted by Gasteiger charge is -2.09. The summed E-state index contributed by atoms with van der Waals surface area (Å²) in [6.07, 6.45) is 1.29. The molecule has 20 heavy (non-hydrogen) atoms. The van der Waals surface area contributed by atoms with Gasteiger partial charge in [-0.1, -0.05) is 42.0 Å². The fraction of sp³-hybridized carbons (Fsp3) is 0.278. The topological polar surface area (TPSA) is 29.1 Å². The van der Waals surface area contributed by atoms with Gasteiger partial charge >= 0.3 is 0 Å². The predicted molar refractivity (Wildman–Crippen MR) is 84.0 cm³/mol. The smallest absolute Gasteiger partial charge is 0.224 e. The molecule has 2 rings (SSSR count). The van der Waals surface area contributed by atoms with Crippen molar-refractivity contribution in [3.05, 3.63) is 64.7 Å². The second kappa shape index (κ2) is 6.38. The minimum absolute atomic E-state index is 0.0688. The van der Waals surface area contributed by atoms with Crippen molar-refractivity contribution >= 4 is 11.6 Å². The molecule has 2 heteroatoms. The largest absolute Gasteiger partial charge is 0.326 e. The first-order valence-electron chi connectivity index (χ1n) is 6.97. The molecular weight excluding hydrogens is 246 g/mol. The number of rotatable bonds is 4. The lowest BCUT2D eigenvalue weighted by atomic mass is 10.1. The molecule has 0 saturated heterocycles. The van der Waals surface area contributed by atoms with Gasteiger partial charge in [-0.25, -0.2) is 0 Å². The van der Waals surface area contributed by atoms with Gasteiger partial charge in [0, 0.05) is 12.1 Å². The highest BCUT2D eigenvalue weighted by atomic mass is 16.1. The van der Waals surface area contributed by atoms with Crippen LogP contribution in [-0.2, 0) is 11.2 Å². The molecule has 0 aliphatic rings. The van der Waals surface area contributed by atoms with E-state index in [1.807, 2.05) is 26.0 Å². The van der Waals surface area contributed by atoms with Gasteiger partial charge in [0.2, 0.25) is 5.91 Å². The maximum absolute atomic E-state index is 12.0. The minimum Gasteiger partial charge on any atom is -0.326 e. The zero-order chi connectivity index (χ0) is 14.5. The fourth-order valence-corrected chi connectivity index (χ4v) is 2.10. The maximum atomic E-state index is 12.0. The monoisotopic (exact) mass is 267 g/mol. The van der Waals surface area contributed by atoms with Crippen LogP contribution in [0.3, 0.4) is 0 Å². The Kier molecular flexibility index (Phi) is 4.57. The quantitative estimate of drug-likeness (QED) is 0.884. The highest BCUT2D eigenvalue weighted by Crippen LogP contribution is 2.17. The number of hydrogen-bond donors (Lipinski definition) is 1. The first kappa shape index (κ1) is 14.3. The maximum Gasteiger partial charge on any atom is 0.224 e. The normalized spacial score (nSPS) is 10.3. The Bertz CT molecular complexity index is 599. The van der Waals surface area contributed by atoms with E-state index in [1.165, 1.54) is 11.1 Å². The fourth-order valence-electron chi connectivity index (χ4n) is 2.10. The molecule has 0 aliphatic carbocycles. The van der Waals surface area contributed by atoms with Gasteiger partial charge in [0.05, 0.1) is 0 Å². The number of carbonyl (C=O) groups is 1. The first-order chi connectivity index (χ1) is 9.54. The Morgan fingerprint density at radius 2 is 1.60 bits per heavy atom. The summed E-state index contributed by atoms with van der Waals surface area (Å²) in [4.78, 5) is 12.0. The molecular formula is C18H21NO. The highest BCUT2D eigenvalue weighted by molar-refractivity contribution is 5.91. The Hall–Kier alpha value is -2.09. The average molecular weight is 267 g/mol. The Morgan fingerprint density at radius 1 is 0.950 bits per heavy atom. The van der Waals surface area contributed by atoms with Crippen molar-refractivity contribution < 1.29 is 4.79 Å². The lowest BCUT2D eigenvalue weighted by Crippen LogP contribution is -2.13. The molecule has 1 amide bonds. The summed E-state index contributed by atoms with van der Waals surface area (Å²) in [5.74, 6) is 0.0688. The van der Waals surface area contributed by atoms with Crippen molar-refractivity contribution in [1.82, 2.24) is 0 Å². The Morgan fingerprint density at radius 3 is 2.30 bits per heavy atom. The van der Waals surface area contributed by atoms with Crippen molar-refractivity contribution in [2.45, 2.75) is 33.6 Å². The number of amides is 1.